The summed E-state index contributed by atoms with van der Waals surface area (Å²) in [5, 5.41) is 16.4. The predicted molar refractivity (Wildman–Crippen MR) is 250 cm³/mol. The van der Waals surface area contributed by atoms with Crippen LogP contribution in [0.4, 0.5) is 5.69 Å². The van der Waals surface area contributed by atoms with Crippen molar-refractivity contribution in [2.45, 2.75) is 102 Å². The second kappa shape index (κ2) is 20.3. The summed E-state index contributed by atoms with van der Waals surface area (Å²) in [4.78, 5) is 28.5. The number of aldehydes is 1. The molecule has 3 fully saturated rings. The number of aromatic hydroxyl groups is 1. The summed E-state index contributed by atoms with van der Waals surface area (Å²) >= 11 is 0. The van der Waals surface area contributed by atoms with Crippen molar-refractivity contribution in [2.24, 2.45) is 5.41 Å². The van der Waals surface area contributed by atoms with E-state index >= 15 is 0 Å². The van der Waals surface area contributed by atoms with Crippen LogP contribution in [0, 0.1) is 5.41 Å². The van der Waals surface area contributed by atoms with Crippen molar-refractivity contribution in [3.05, 3.63) is 154 Å². The lowest BCUT2D eigenvalue weighted by atomic mass is 9.69. The van der Waals surface area contributed by atoms with Gasteiger partial charge >= 0.3 is 0 Å². The van der Waals surface area contributed by atoms with Gasteiger partial charge in [0.25, 0.3) is 0 Å². The van der Waals surface area contributed by atoms with Crippen LogP contribution in [0.25, 0.3) is 0 Å². The molecule has 0 radical (unpaired) electrons. The average Bonchev–Trinajstić information content (AvgIpc) is 3.86. The van der Waals surface area contributed by atoms with Gasteiger partial charge in [0, 0.05) is 67.4 Å². The Morgan fingerprint density at radius 2 is 1.63 bits per heavy atom. The van der Waals surface area contributed by atoms with E-state index in [2.05, 4.69) is 108 Å². The highest BCUT2D eigenvalue weighted by Crippen LogP contribution is 2.48. The van der Waals surface area contributed by atoms with Gasteiger partial charge in [-0.05, 0) is 159 Å². The first-order chi connectivity index (χ1) is 30.1. The Balaban J connectivity index is 0.000000182. The molecule has 4 aliphatic heterocycles. The molecule has 0 saturated carbocycles. The minimum Gasteiger partial charge on any atom is -0.508 e. The number of hydrogen-bond acceptors (Lipinski definition) is 8. The second-order valence-electron chi connectivity index (χ2n) is 18.1. The molecule has 5 aliphatic rings. The van der Waals surface area contributed by atoms with Crippen molar-refractivity contribution in [1.29, 1.82) is 0 Å². The van der Waals surface area contributed by atoms with Crippen LogP contribution in [0.2, 0.25) is 0 Å². The van der Waals surface area contributed by atoms with Crippen LogP contribution in [-0.2, 0) is 35.6 Å². The fraction of sp³-hybridized carbons (Fsp3) is 0.434. The van der Waals surface area contributed by atoms with Crippen LogP contribution in [0.5, 0.6) is 5.75 Å². The highest BCUT2D eigenvalue weighted by atomic mass is 16.5. The summed E-state index contributed by atoms with van der Waals surface area (Å²) in [5.74, 6) is 1.14. The summed E-state index contributed by atoms with van der Waals surface area (Å²) in [6.07, 6.45) is 9.94. The molecule has 4 heterocycles. The molecule has 4 aromatic rings. The van der Waals surface area contributed by atoms with Gasteiger partial charge in [0.2, 0.25) is 6.41 Å². The number of likely N-dealkylation sites (N-methyl/N-ethyl adjacent to an activating group) is 1. The molecular weight excluding hydrogens is 771 g/mol. The number of phenolic OH excluding ortho intramolecular Hbond substituents is 1. The van der Waals surface area contributed by atoms with E-state index in [4.69, 9.17) is 4.74 Å². The van der Waals surface area contributed by atoms with Crippen LogP contribution in [-0.4, -0.2) is 80.0 Å². The van der Waals surface area contributed by atoms with Crippen LogP contribution >= 0.6 is 0 Å². The maximum atomic E-state index is 10.9. The number of phenols is 1. The normalized spacial score (nSPS) is 22.7. The molecule has 9 nitrogen and oxygen atoms in total. The fourth-order valence-corrected chi connectivity index (χ4v) is 10.7. The molecule has 1 amide bonds. The zero-order valence-electron chi connectivity index (χ0n) is 37.4. The van der Waals surface area contributed by atoms with E-state index in [-0.39, 0.29) is 0 Å². The second-order valence-corrected chi connectivity index (χ2v) is 18.1. The predicted octanol–water partition coefficient (Wildman–Crippen LogP) is 9.06. The van der Waals surface area contributed by atoms with Gasteiger partial charge in [-0.15, -0.1) is 0 Å². The number of carbonyl (C=O) groups is 2. The maximum Gasteiger partial charge on any atom is 0.210 e. The van der Waals surface area contributed by atoms with Gasteiger partial charge < -0.3 is 35.2 Å². The minimum atomic E-state index is 0.312. The number of ether oxygens (including phenoxy) is 1. The average molecular weight is 838 g/mol. The smallest absolute Gasteiger partial charge is 0.210 e. The quantitative estimate of drug-likeness (QED) is 0.144. The molecule has 1 spiro atoms. The number of piperidine rings is 2. The highest BCUT2D eigenvalue weighted by molar-refractivity contribution is 5.78. The zero-order chi connectivity index (χ0) is 43.8. The number of fused-ring (bicyclic) bond motifs is 2. The van der Waals surface area contributed by atoms with Crippen LogP contribution in [0.3, 0.4) is 0 Å². The Labute approximate surface area is 369 Å². The number of allylic oxidation sites excluding steroid dienone is 1. The lowest BCUT2D eigenvalue weighted by Gasteiger charge is -2.39. The Morgan fingerprint density at radius 3 is 2.27 bits per heavy atom. The zero-order valence-corrected chi connectivity index (χ0v) is 37.4. The van der Waals surface area contributed by atoms with Crippen molar-refractivity contribution in [3.8, 4) is 5.75 Å². The third-order valence-corrected chi connectivity index (χ3v) is 14.2. The molecule has 9 heteroatoms. The van der Waals surface area contributed by atoms with Gasteiger partial charge in [0.15, 0.2) is 0 Å². The molecule has 1 aliphatic carbocycles. The number of aryl methyl sites for hydroxylation is 1. The molecule has 3 N–H and O–H groups in total. The Kier molecular flexibility index (Phi) is 14.7. The van der Waals surface area contributed by atoms with Crippen molar-refractivity contribution in [2.75, 3.05) is 45.2 Å². The van der Waals surface area contributed by atoms with Gasteiger partial charge in [-0.3, -0.25) is 9.59 Å². The number of methoxy groups -OCH3 is 1. The molecule has 9 rings (SSSR count). The molecule has 0 aromatic heterocycles. The lowest BCUT2D eigenvalue weighted by Crippen LogP contribution is -2.41. The van der Waals surface area contributed by atoms with Crippen LogP contribution < -0.4 is 15.5 Å². The molecule has 328 valence electrons. The van der Waals surface area contributed by atoms with E-state index in [9.17, 15) is 14.7 Å². The van der Waals surface area contributed by atoms with Crippen molar-refractivity contribution < 1.29 is 19.4 Å². The molecule has 0 bridgehead atoms. The summed E-state index contributed by atoms with van der Waals surface area (Å²) < 4.78 is 5.04. The van der Waals surface area contributed by atoms with E-state index in [0.29, 0.717) is 60.3 Å². The summed E-state index contributed by atoms with van der Waals surface area (Å²) in [5.41, 5.74) is 13.1. The summed E-state index contributed by atoms with van der Waals surface area (Å²) in [6.45, 7) is 19.0. The highest BCUT2D eigenvalue weighted by Gasteiger charge is 2.44. The number of benzene rings is 4. The standard InChI is InChI=1S/C33H40N2O.C12H13NO3.C8H14N2/c1-3-34-19-17-33(18-20-34)22-24(2)35(23-33)28-12-9-26(10-13-28)32-30(25-7-5-4-6-8-25)15-11-27-21-29(36)14-16-31(27)32;1-16-7-12-3-10-5-13(8-15)4-9(10)2-11(12)6-14;1-6-4-5-8(9-3)7(2)10-6/h4-10,12-14,16,21,24,30,32,36H,3,11,15,17-20,22-23H2,1-2H3;2-3,6,8H,4-5,7H2,1H3;8-10H,1-2,4-5H2,3H3. The van der Waals surface area contributed by atoms with Gasteiger partial charge in [0.05, 0.1) is 6.61 Å². The maximum absolute atomic E-state index is 10.9. The van der Waals surface area contributed by atoms with E-state index in [1.807, 2.05) is 31.3 Å². The molecule has 62 heavy (non-hydrogen) atoms. The lowest BCUT2D eigenvalue weighted by molar-refractivity contribution is -0.118. The number of likely N-dealkylation sites (tertiary alicyclic amines) is 1. The fourth-order valence-electron chi connectivity index (χ4n) is 10.7. The van der Waals surface area contributed by atoms with E-state index in [1.165, 1.54) is 73.4 Å². The monoisotopic (exact) mass is 838 g/mol. The number of nitrogens with zero attached hydrogens (tertiary/aromatic N) is 3. The minimum absolute atomic E-state index is 0.312. The molecular formula is C53H67N5O4. The Hall–Kier alpha value is -5.22. The Bertz CT molecular complexity index is 2180. The number of carbonyl (C=O) groups excluding carboxylic acids is 2. The number of nitrogens with one attached hydrogen (secondary N) is 2. The summed E-state index contributed by atoms with van der Waals surface area (Å²) in [6, 6.07) is 31.3. The third-order valence-electron chi connectivity index (χ3n) is 14.2. The first-order valence-corrected chi connectivity index (χ1v) is 22.6. The van der Waals surface area contributed by atoms with Gasteiger partial charge in [-0.1, -0.05) is 74.7 Å². The van der Waals surface area contributed by atoms with Crippen molar-refractivity contribution in [1.82, 2.24) is 20.4 Å². The number of amides is 1. The first kappa shape index (κ1) is 44.8. The summed E-state index contributed by atoms with van der Waals surface area (Å²) in [7, 11) is 3.55. The van der Waals surface area contributed by atoms with Gasteiger partial charge in [-0.2, -0.15) is 0 Å². The van der Waals surface area contributed by atoms with E-state index in [1.54, 1.807) is 12.0 Å². The van der Waals surface area contributed by atoms with Crippen molar-refractivity contribution in [3.63, 3.8) is 0 Å². The third kappa shape index (κ3) is 10.2. The number of hydrogen-bond donors (Lipinski definition) is 3. The Morgan fingerprint density at radius 1 is 0.903 bits per heavy atom. The van der Waals surface area contributed by atoms with E-state index < -0.39 is 0 Å². The molecule has 4 unspecified atom stereocenters. The number of anilines is 1. The van der Waals surface area contributed by atoms with Gasteiger partial charge in [0.1, 0.15) is 12.0 Å². The molecule has 3 saturated heterocycles. The topological polar surface area (TPSA) is 97.4 Å². The first-order valence-electron chi connectivity index (χ1n) is 22.6. The van der Waals surface area contributed by atoms with E-state index in [0.717, 1.165) is 66.5 Å². The largest absolute Gasteiger partial charge is 0.508 e. The van der Waals surface area contributed by atoms with Crippen molar-refractivity contribution >= 4 is 18.4 Å². The van der Waals surface area contributed by atoms with Gasteiger partial charge in [-0.25, -0.2) is 0 Å². The van der Waals surface area contributed by atoms with Crippen LogP contribution in [0.1, 0.15) is 114 Å². The molecule has 4 aromatic carbocycles. The molecule has 4 atom stereocenters. The number of rotatable bonds is 9. The SMILES string of the molecule is C=C1CCC(NC)C(=C)N1.CCN1CCC2(CC1)CC(C)N(c1ccc(C3c4ccc(O)cc4CCC3c3ccccc3)cc1)C2.COCc1cc2c(cc1C=O)CN(C=O)C2. The van der Waals surface area contributed by atoms with Crippen LogP contribution in [0.15, 0.2) is 109 Å².